The lowest BCUT2D eigenvalue weighted by Gasteiger charge is -2.09. The molecule has 0 heterocycles. The Kier molecular flexibility index (Phi) is 6.34. The third-order valence-corrected chi connectivity index (χ3v) is 5.00. The third kappa shape index (κ3) is 4.92. The lowest BCUT2D eigenvalue weighted by atomic mass is 10.1. The summed E-state index contributed by atoms with van der Waals surface area (Å²) in [6, 6.07) is 23.8. The molecule has 0 aliphatic carbocycles. The SMILES string of the molecule is C[S@](=O)c1ccccc1C(=O)OCC(=O)Nc1ccc(-c2ccccc2)cc1. The van der Waals surface area contributed by atoms with Crippen LogP contribution in [0.25, 0.3) is 11.1 Å². The fourth-order valence-corrected chi connectivity index (χ4v) is 3.40. The van der Waals surface area contributed by atoms with Crippen LogP contribution >= 0.6 is 0 Å². The smallest absolute Gasteiger partial charge is 0.339 e. The van der Waals surface area contributed by atoms with Gasteiger partial charge in [-0.1, -0.05) is 54.6 Å². The molecule has 3 rings (SSSR count). The molecule has 0 aromatic heterocycles. The average molecular weight is 393 g/mol. The summed E-state index contributed by atoms with van der Waals surface area (Å²) in [5, 5.41) is 2.69. The van der Waals surface area contributed by atoms with E-state index in [1.807, 2.05) is 42.5 Å². The van der Waals surface area contributed by atoms with Crippen LogP contribution in [0.2, 0.25) is 0 Å². The van der Waals surface area contributed by atoms with Crippen molar-refractivity contribution >= 4 is 28.4 Å². The number of hydrogen-bond acceptors (Lipinski definition) is 4. The van der Waals surface area contributed by atoms with Gasteiger partial charge >= 0.3 is 5.97 Å². The summed E-state index contributed by atoms with van der Waals surface area (Å²) in [4.78, 5) is 24.6. The molecule has 5 nitrogen and oxygen atoms in total. The number of rotatable bonds is 6. The Balaban J connectivity index is 1.57. The molecule has 0 aliphatic heterocycles. The van der Waals surface area contributed by atoms with E-state index < -0.39 is 29.3 Å². The van der Waals surface area contributed by atoms with Crippen molar-refractivity contribution in [2.24, 2.45) is 0 Å². The van der Waals surface area contributed by atoms with Gasteiger partial charge in [-0.25, -0.2) is 4.79 Å². The number of esters is 1. The highest BCUT2D eigenvalue weighted by Gasteiger charge is 2.16. The van der Waals surface area contributed by atoms with Crippen LogP contribution in [-0.4, -0.2) is 28.9 Å². The number of benzene rings is 3. The van der Waals surface area contributed by atoms with Gasteiger partial charge in [0.25, 0.3) is 5.91 Å². The number of anilines is 1. The van der Waals surface area contributed by atoms with Crippen LogP contribution in [0.15, 0.2) is 83.8 Å². The van der Waals surface area contributed by atoms with Gasteiger partial charge in [-0.3, -0.25) is 9.00 Å². The van der Waals surface area contributed by atoms with Crippen LogP contribution < -0.4 is 5.32 Å². The number of ether oxygens (including phenoxy) is 1. The fourth-order valence-electron chi connectivity index (χ4n) is 2.67. The summed E-state index contributed by atoms with van der Waals surface area (Å²) in [7, 11) is -1.33. The normalized spacial score (nSPS) is 11.5. The van der Waals surface area contributed by atoms with E-state index in [4.69, 9.17) is 4.74 Å². The second kappa shape index (κ2) is 9.10. The Bertz CT molecular complexity index is 1000. The summed E-state index contributed by atoms with van der Waals surface area (Å²) < 4.78 is 16.8. The molecule has 0 saturated carbocycles. The first-order valence-electron chi connectivity index (χ1n) is 8.59. The molecule has 0 radical (unpaired) electrons. The summed E-state index contributed by atoms with van der Waals surface area (Å²) in [6.07, 6.45) is 1.48. The molecule has 1 amide bonds. The van der Waals surface area contributed by atoms with Crippen molar-refractivity contribution in [3.63, 3.8) is 0 Å². The number of carbonyl (C=O) groups is 2. The van der Waals surface area contributed by atoms with Crippen molar-refractivity contribution in [1.82, 2.24) is 0 Å². The van der Waals surface area contributed by atoms with Crippen molar-refractivity contribution in [3.05, 3.63) is 84.4 Å². The molecule has 0 saturated heterocycles. The second-order valence-corrected chi connectivity index (χ2v) is 7.37. The molecule has 0 fully saturated rings. The molecule has 6 heteroatoms. The van der Waals surface area contributed by atoms with Crippen LogP contribution in [-0.2, 0) is 20.3 Å². The minimum absolute atomic E-state index is 0.198. The zero-order chi connectivity index (χ0) is 19.9. The van der Waals surface area contributed by atoms with Crippen LogP contribution in [0.5, 0.6) is 0 Å². The highest BCUT2D eigenvalue weighted by Crippen LogP contribution is 2.21. The molecule has 0 unspecified atom stereocenters. The van der Waals surface area contributed by atoms with Crippen molar-refractivity contribution in [2.45, 2.75) is 4.90 Å². The van der Waals surface area contributed by atoms with E-state index in [0.717, 1.165) is 11.1 Å². The van der Waals surface area contributed by atoms with E-state index in [2.05, 4.69) is 5.32 Å². The zero-order valence-electron chi connectivity index (χ0n) is 15.3. The quantitative estimate of drug-likeness (QED) is 0.645. The van der Waals surface area contributed by atoms with Gasteiger partial charge in [0.15, 0.2) is 6.61 Å². The molecule has 142 valence electrons. The number of carbonyl (C=O) groups excluding carboxylic acids is 2. The highest BCUT2D eigenvalue weighted by atomic mass is 32.2. The van der Waals surface area contributed by atoms with Gasteiger partial charge in [0.1, 0.15) is 0 Å². The van der Waals surface area contributed by atoms with Gasteiger partial charge < -0.3 is 10.1 Å². The molecule has 0 bridgehead atoms. The van der Waals surface area contributed by atoms with E-state index in [1.54, 1.807) is 30.3 Å². The maximum absolute atomic E-state index is 12.2. The van der Waals surface area contributed by atoms with E-state index in [0.29, 0.717) is 10.6 Å². The topological polar surface area (TPSA) is 72.5 Å². The van der Waals surface area contributed by atoms with E-state index in [-0.39, 0.29) is 5.56 Å². The Morgan fingerprint density at radius 2 is 1.46 bits per heavy atom. The van der Waals surface area contributed by atoms with Gasteiger partial charge in [-0.15, -0.1) is 0 Å². The fraction of sp³-hybridized carbons (Fsp3) is 0.0909. The van der Waals surface area contributed by atoms with Crippen LogP contribution in [0.1, 0.15) is 10.4 Å². The summed E-state index contributed by atoms with van der Waals surface area (Å²) in [6.45, 7) is -0.427. The Morgan fingerprint density at radius 3 is 2.14 bits per heavy atom. The molecular formula is C22H19NO4S. The molecule has 1 N–H and O–H groups in total. The molecule has 0 aliphatic rings. The number of hydrogen-bond donors (Lipinski definition) is 1. The maximum atomic E-state index is 12.2. The van der Waals surface area contributed by atoms with Gasteiger partial charge in [0.2, 0.25) is 0 Å². The van der Waals surface area contributed by atoms with Gasteiger partial charge in [-0.05, 0) is 35.4 Å². The summed E-state index contributed by atoms with van der Waals surface area (Å²) in [5.41, 5.74) is 2.93. The lowest BCUT2D eigenvalue weighted by molar-refractivity contribution is -0.119. The molecule has 0 spiro atoms. The molecule has 3 aromatic rings. The Morgan fingerprint density at radius 1 is 0.857 bits per heavy atom. The van der Waals surface area contributed by atoms with E-state index in [9.17, 15) is 13.8 Å². The number of nitrogens with one attached hydrogen (secondary N) is 1. The minimum Gasteiger partial charge on any atom is -0.452 e. The molecule has 28 heavy (non-hydrogen) atoms. The summed E-state index contributed by atoms with van der Waals surface area (Å²) in [5.74, 6) is -1.13. The largest absolute Gasteiger partial charge is 0.452 e. The van der Waals surface area contributed by atoms with E-state index >= 15 is 0 Å². The maximum Gasteiger partial charge on any atom is 0.339 e. The monoisotopic (exact) mass is 393 g/mol. The number of amides is 1. The van der Waals surface area contributed by atoms with E-state index in [1.165, 1.54) is 12.3 Å². The van der Waals surface area contributed by atoms with Crippen LogP contribution in [0, 0.1) is 0 Å². The van der Waals surface area contributed by atoms with Crippen LogP contribution in [0.3, 0.4) is 0 Å². The lowest BCUT2D eigenvalue weighted by Crippen LogP contribution is -2.21. The van der Waals surface area contributed by atoms with Crippen molar-refractivity contribution in [1.29, 1.82) is 0 Å². The van der Waals surface area contributed by atoms with Crippen molar-refractivity contribution in [3.8, 4) is 11.1 Å². The first-order chi connectivity index (χ1) is 13.5. The average Bonchev–Trinajstić information content (AvgIpc) is 2.73. The predicted molar refractivity (Wildman–Crippen MR) is 110 cm³/mol. The minimum atomic E-state index is -1.33. The zero-order valence-corrected chi connectivity index (χ0v) is 16.1. The Labute approximate surface area is 165 Å². The second-order valence-electron chi connectivity index (χ2n) is 6.02. The highest BCUT2D eigenvalue weighted by molar-refractivity contribution is 7.84. The molecule has 1 atom stereocenters. The molecule has 3 aromatic carbocycles. The van der Waals surface area contributed by atoms with Gasteiger partial charge in [0, 0.05) is 11.9 Å². The van der Waals surface area contributed by atoms with Crippen molar-refractivity contribution in [2.75, 3.05) is 18.2 Å². The summed E-state index contributed by atoms with van der Waals surface area (Å²) >= 11 is 0. The van der Waals surface area contributed by atoms with Crippen molar-refractivity contribution < 1.29 is 18.5 Å². The predicted octanol–water partition coefficient (Wildman–Crippen LogP) is 3.89. The standard InChI is InChI=1S/C22H19NO4S/c1-28(26)20-10-6-5-9-19(20)22(25)27-15-21(24)23-18-13-11-17(12-14-18)16-7-3-2-4-8-16/h2-14H,15H2,1H3,(H,23,24)/t28-/m0/s1. The first-order valence-corrected chi connectivity index (χ1v) is 10.2. The van der Waals surface area contributed by atoms with Gasteiger partial charge in [-0.2, -0.15) is 0 Å². The van der Waals surface area contributed by atoms with Gasteiger partial charge in [0.05, 0.1) is 21.3 Å². The first kappa shape index (κ1) is 19.5. The molecular weight excluding hydrogens is 374 g/mol. The van der Waals surface area contributed by atoms with Crippen LogP contribution in [0.4, 0.5) is 5.69 Å². The third-order valence-electron chi connectivity index (χ3n) is 4.03. The Hall–Kier alpha value is -3.25.